The van der Waals surface area contributed by atoms with Crippen molar-refractivity contribution >= 4 is 35.2 Å². The lowest BCUT2D eigenvalue weighted by Crippen LogP contribution is -2.11. The Hall–Kier alpha value is -3.19. The molecule has 0 aliphatic heterocycles. The number of esters is 1. The van der Waals surface area contributed by atoms with Crippen LogP contribution in [-0.4, -0.2) is 20.9 Å². The molecule has 0 fully saturated rings. The third-order valence-electron chi connectivity index (χ3n) is 3.77. The quantitative estimate of drug-likeness (QED) is 0.624. The van der Waals surface area contributed by atoms with Gasteiger partial charge < -0.3 is 15.8 Å². The van der Waals surface area contributed by atoms with Crippen LogP contribution in [0, 0.1) is 0 Å². The number of nitrogens with two attached hydrogens (primary N) is 1. The van der Waals surface area contributed by atoms with Crippen LogP contribution >= 0.6 is 11.6 Å². The first-order valence-corrected chi connectivity index (χ1v) is 8.71. The number of nitrogen functional groups attached to an aromatic ring is 1. The number of hydrogen-bond acceptors (Lipinski definition) is 7. The van der Waals surface area contributed by atoms with Gasteiger partial charge in [-0.25, -0.2) is 4.79 Å². The second kappa shape index (κ2) is 8.46. The van der Waals surface area contributed by atoms with Crippen LogP contribution in [0.1, 0.15) is 28.7 Å². The maximum Gasteiger partial charge on any atom is 0.340 e. The van der Waals surface area contributed by atoms with Gasteiger partial charge in [-0.3, -0.25) is 0 Å². The largest absolute Gasteiger partial charge is 0.454 e. The van der Waals surface area contributed by atoms with Gasteiger partial charge in [-0.15, -0.1) is 0 Å². The predicted molar refractivity (Wildman–Crippen MR) is 104 cm³/mol. The molecule has 0 amide bonds. The first kappa shape index (κ1) is 18.6. The fourth-order valence-electron chi connectivity index (χ4n) is 2.46. The van der Waals surface area contributed by atoms with Gasteiger partial charge in [0, 0.05) is 5.69 Å². The summed E-state index contributed by atoms with van der Waals surface area (Å²) in [4.78, 5) is 24.5. The van der Waals surface area contributed by atoms with E-state index in [0.29, 0.717) is 5.02 Å². The molecule has 0 saturated heterocycles. The number of benzene rings is 2. The van der Waals surface area contributed by atoms with Gasteiger partial charge in [0.15, 0.2) is 12.4 Å². The Morgan fingerprint density at radius 1 is 1.11 bits per heavy atom. The molecule has 7 nitrogen and oxygen atoms in total. The van der Waals surface area contributed by atoms with E-state index < -0.39 is 5.97 Å². The molecule has 3 N–H and O–H groups in total. The third kappa shape index (κ3) is 4.71. The lowest BCUT2D eigenvalue weighted by molar-refractivity contribution is 0.0462. The van der Waals surface area contributed by atoms with Crippen LogP contribution in [0.3, 0.4) is 0 Å². The standard InChI is InChI=1S/C19H18ClN5O2/c1-2-12-7-3-6-10-15(12)22-19-24-16(23-18(21)25-19)11-27-17(26)13-8-4-5-9-14(13)20/h3-10H,2,11H2,1H3,(H3,21,22,23,24,25). The van der Waals surface area contributed by atoms with Gasteiger partial charge in [0.25, 0.3) is 0 Å². The highest BCUT2D eigenvalue weighted by Crippen LogP contribution is 2.20. The second-order valence-electron chi connectivity index (χ2n) is 5.63. The van der Waals surface area contributed by atoms with Crippen molar-refractivity contribution in [3.63, 3.8) is 0 Å². The highest BCUT2D eigenvalue weighted by molar-refractivity contribution is 6.33. The van der Waals surface area contributed by atoms with E-state index >= 15 is 0 Å². The van der Waals surface area contributed by atoms with Crippen LogP contribution in [-0.2, 0) is 17.8 Å². The average Bonchev–Trinajstić information content (AvgIpc) is 2.66. The molecule has 3 rings (SSSR count). The number of nitrogens with one attached hydrogen (secondary N) is 1. The normalized spacial score (nSPS) is 10.4. The van der Waals surface area contributed by atoms with Crippen molar-refractivity contribution in [2.75, 3.05) is 11.1 Å². The summed E-state index contributed by atoms with van der Waals surface area (Å²) in [5.41, 5.74) is 8.03. The highest BCUT2D eigenvalue weighted by Gasteiger charge is 2.13. The van der Waals surface area contributed by atoms with Crippen LogP contribution in [0.5, 0.6) is 0 Å². The fourth-order valence-corrected chi connectivity index (χ4v) is 2.68. The minimum absolute atomic E-state index is 0.0327. The van der Waals surface area contributed by atoms with Gasteiger partial charge in [0.2, 0.25) is 11.9 Å². The number of halogens is 1. The summed E-state index contributed by atoms with van der Waals surface area (Å²) in [6, 6.07) is 14.5. The molecule has 1 heterocycles. The molecule has 0 saturated carbocycles. The van der Waals surface area contributed by atoms with E-state index in [9.17, 15) is 4.79 Å². The zero-order chi connectivity index (χ0) is 19.2. The zero-order valence-corrected chi connectivity index (χ0v) is 15.4. The van der Waals surface area contributed by atoms with Gasteiger partial charge in [0.1, 0.15) is 0 Å². The summed E-state index contributed by atoms with van der Waals surface area (Å²) in [5.74, 6) is -0.0118. The molecule has 8 heteroatoms. The van der Waals surface area contributed by atoms with Crippen molar-refractivity contribution < 1.29 is 9.53 Å². The number of aromatic nitrogens is 3. The van der Waals surface area contributed by atoms with Crippen LogP contribution in [0.25, 0.3) is 0 Å². The molecule has 0 bridgehead atoms. The molecule has 0 aliphatic rings. The number of ether oxygens (including phenoxy) is 1. The summed E-state index contributed by atoms with van der Waals surface area (Å²) < 4.78 is 5.24. The van der Waals surface area contributed by atoms with E-state index in [1.54, 1.807) is 24.3 Å². The van der Waals surface area contributed by atoms with Crippen LogP contribution in [0.4, 0.5) is 17.6 Å². The monoisotopic (exact) mass is 383 g/mol. The summed E-state index contributed by atoms with van der Waals surface area (Å²) in [7, 11) is 0. The molecule has 3 aromatic rings. The first-order chi connectivity index (χ1) is 13.1. The summed E-state index contributed by atoms with van der Waals surface area (Å²) >= 11 is 6.00. The van der Waals surface area contributed by atoms with E-state index in [2.05, 4.69) is 27.2 Å². The molecular formula is C19H18ClN5O2. The second-order valence-corrected chi connectivity index (χ2v) is 6.03. The van der Waals surface area contributed by atoms with Gasteiger partial charge >= 0.3 is 5.97 Å². The molecule has 0 spiro atoms. The molecule has 2 aromatic carbocycles. The van der Waals surface area contributed by atoms with Gasteiger partial charge in [-0.1, -0.05) is 48.9 Å². The van der Waals surface area contributed by atoms with Crippen LogP contribution < -0.4 is 11.1 Å². The molecule has 0 radical (unpaired) electrons. The number of anilines is 3. The van der Waals surface area contributed by atoms with Crippen molar-refractivity contribution in [2.45, 2.75) is 20.0 Å². The van der Waals surface area contributed by atoms with Crippen molar-refractivity contribution in [3.05, 3.63) is 70.5 Å². The molecular weight excluding hydrogens is 366 g/mol. The highest BCUT2D eigenvalue weighted by atomic mass is 35.5. The average molecular weight is 384 g/mol. The Morgan fingerprint density at radius 3 is 2.63 bits per heavy atom. The molecule has 1 aromatic heterocycles. The molecule has 138 valence electrons. The molecule has 0 unspecified atom stereocenters. The Kier molecular flexibility index (Phi) is 5.83. The minimum Gasteiger partial charge on any atom is -0.454 e. The van der Waals surface area contributed by atoms with Crippen molar-refractivity contribution in [1.82, 2.24) is 15.0 Å². The van der Waals surface area contributed by atoms with Crippen molar-refractivity contribution in [1.29, 1.82) is 0 Å². The number of aryl methyl sites for hydroxylation is 1. The smallest absolute Gasteiger partial charge is 0.340 e. The van der Waals surface area contributed by atoms with Crippen LogP contribution in [0.15, 0.2) is 48.5 Å². The van der Waals surface area contributed by atoms with Gasteiger partial charge in [-0.05, 0) is 30.2 Å². The van der Waals surface area contributed by atoms with Gasteiger partial charge in [0.05, 0.1) is 10.6 Å². The predicted octanol–water partition coefficient (Wildman–Crippen LogP) is 3.77. The number of carbonyl (C=O) groups is 1. The lowest BCUT2D eigenvalue weighted by Gasteiger charge is -2.11. The topological polar surface area (TPSA) is 103 Å². The zero-order valence-electron chi connectivity index (χ0n) is 14.6. The maximum absolute atomic E-state index is 12.2. The Morgan fingerprint density at radius 2 is 1.85 bits per heavy atom. The molecule has 0 aliphatic carbocycles. The van der Waals surface area contributed by atoms with Crippen molar-refractivity contribution in [2.24, 2.45) is 0 Å². The number of carbonyl (C=O) groups excluding carboxylic acids is 1. The fraction of sp³-hybridized carbons (Fsp3) is 0.158. The van der Waals surface area contributed by atoms with E-state index in [0.717, 1.165) is 17.7 Å². The number of nitrogens with zero attached hydrogens (tertiary/aromatic N) is 3. The number of para-hydroxylation sites is 1. The maximum atomic E-state index is 12.2. The lowest BCUT2D eigenvalue weighted by atomic mass is 10.1. The first-order valence-electron chi connectivity index (χ1n) is 8.34. The Balaban J connectivity index is 1.74. The van der Waals surface area contributed by atoms with E-state index in [4.69, 9.17) is 22.1 Å². The van der Waals surface area contributed by atoms with Crippen LogP contribution in [0.2, 0.25) is 5.02 Å². The molecule has 27 heavy (non-hydrogen) atoms. The molecule has 0 atom stereocenters. The summed E-state index contributed by atoms with van der Waals surface area (Å²) in [5, 5.41) is 3.45. The Labute approximate surface area is 161 Å². The summed E-state index contributed by atoms with van der Waals surface area (Å²) in [6.07, 6.45) is 0.853. The Bertz CT molecular complexity index is 964. The van der Waals surface area contributed by atoms with Gasteiger partial charge in [-0.2, -0.15) is 15.0 Å². The SMILES string of the molecule is CCc1ccccc1Nc1nc(N)nc(COC(=O)c2ccccc2Cl)n1. The van der Waals surface area contributed by atoms with E-state index in [1.165, 1.54) is 0 Å². The third-order valence-corrected chi connectivity index (χ3v) is 4.10. The van der Waals surface area contributed by atoms with E-state index in [-0.39, 0.29) is 29.9 Å². The minimum atomic E-state index is -0.564. The van der Waals surface area contributed by atoms with E-state index in [1.807, 2.05) is 24.3 Å². The summed E-state index contributed by atoms with van der Waals surface area (Å²) in [6.45, 7) is 1.91. The number of rotatable bonds is 6. The number of hydrogen-bond donors (Lipinski definition) is 2. The van der Waals surface area contributed by atoms with Crippen molar-refractivity contribution in [3.8, 4) is 0 Å².